The summed E-state index contributed by atoms with van der Waals surface area (Å²) in [6.45, 7) is 4.53. The SMILES string of the molecule is Cc1cccc(-c2cnc3n2C[C@@]2(CCN(C(=O)c4ccn(C)n4)C2)OC3)c1. The third kappa shape index (κ3) is 2.82. The second kappa shape index (κ2) is 6.31. The number of carbonyl (C=O) groups is 1. The van der Waals surface area contributed by atoms with Crippen LogP contribution in [0.15, 0.2) is 42.7 Å². The summed E-state index contributed by atoms with van der Waals surface area (Å²) in [7, 11) is 1.82. The lowest BCUT2D eigenvalue weighted by atomic mass is 10.0. The van der Waals surface area contributed by atoms with Crippen LogP contribution in [0.5, 0.6) is 0 Å². The molecule has 2 aliphatic rings. The minimum absolute atomic E-state index is 0.0311. The highest BCUT2D eigenvalue weighted by Gasteiger charge is 2.45. The molecule has 2 aliphatic heterocycles. The Morgan fingerprint density at radius 1 is 1.25 bits per heavy atom. The molecule has 7 heteroatoms. The molecule has 1 fully saturated rings. The second-order valence-electron chi connectivity index (χ2n) is 7.84. The predicted molar refractivity (Wildman–Crippen MR) is 104 cm³/mol. The first kappa shape index (κ1) is 17.2. The van der Waals surface area contributed by atoms with Crippen molar-refractivity contribution in [2.75, 3.05) is 13.1 Å². The molecule has 144 valence electrons. The Morgan fingerprint density at radius 2 is 2.14 bits per heavy atom. The van der Waals surface area contributed by atoms with E-state index in [-0.39, 0.29) is 11.5 Å². The number of aryl methyl sites for hydroxylation is 2. The van der Waals surface area contributed by atoms with Gasteiger partial charge in [-0.3, -0.25) is 9.48 Å². The number of amides is 1. The quantitative estimate of drug-likeness (QED) is 0.688. The van der Waals surface area contributed by atoms with Gasteiger partial charge in [0.1, 0.15) is 23.7 Å². The highest BCUT2D eigenvalue weighted by atomic mass is 16.5. The van der Waals surface area contributed by atoms with Gasteiger partial charge >= 0.3 is 0 Å². The number of nitrogens with zero attached hydrogens (tertiary/aromatic N) is 5. The van der Waals surface area contributed by atoms with E-state index < -0.39 is 0 Å². The molecular weight excluding hydrogens is 354 g/mol. The lowest BCUT2D eigenvalue weighted by Crippen LogP contribution is -2.45. The number of hydrogen-bond donors (Lipinski definition) is 0. The van der Waals surface area contributed by atoms with E-state index in [0.29, 0.717) is 31.9 Å². The zero-order valence-corrected chi connectivity index (χ0v) is 16.1. The van der Waals surface area contributed by atoms with Crippen LogP contribution in [0.2, 0.25) is 0 Å². The number of carbonyl (C=O) groups excluding carboxylic acids is 1. The number of aromatic nitrogens is 4. The van der Waals surface area contributed by atoms with Crippen molar-refractivity contribution in [3.8, 4) is 11.3 Å². The molecule has 1 aromatic carbocycles. The Morgan fingerprint density at radius 3 is 2.93 bits per heavy atom. The van der Waals surface area contributed by atoms with Crippen LogP contribution < -0.4 is 0 Å². The second-order valence-corrected chi connectivity index (χ2v) is 7.84. The molecule has 0 unspecified atom stereocenters. The molecule has 2 aromatic heterocycles. The van der Waals surface area contributed by atoms with Crippen LogP contribution in [0.25, 0.3) is 11.3 Å². The molecule has 0 radical (unpaired) electrons. The van der Waals surface area contributed by atoms with Crippen LogP contribution in [-0.2, 0) is 24.9 Å². The largest absolute Gasteiger partial charge is 0.363 e. The van der Waals surface area contributed by atoms with Crippen molar-refractivity contribution < 1.29 is 9.53 Å². The standard InChI is InChI=1S/C21H23N5O2/c1-15-4-3-5-16(10-15)18-11-22-19-12-28-21(14-26(18)19)7-9-25(13-21)20(27)17-6-8-24(2)23-17/h3-6,8,10-11H,7,9,12-14H2,1-2H3/t21-/m0/s1. The maximum Gasteiger partial charge on any atom is 0.274 e. The summed E-state index contributed by atoms with van der Waals surface area (Å²) in [5.41, 5.74) is 3.62. The Bertz CT molecular complexity index is 1050. The summed E-state index contributed by atoms with van der Waals surface area (Å²) in [5, 5.41) is 4.25. The van der Waals surface area contributed by atoms with E-state index in [9.17, 15) is 4.79 Å². The molecule has 1 atom stereocenters. The third-order valence-electron chi connectivity index (χ3n) is 5.74. The van der Waals surface area contributed by atoms with Gasteiger partial charge in [0.15, 0.2) is 0 Å². The third-order valence-corrected chi connectivity index (χ3v) is 5.74. The summed E-state index contributed by atoms with van der Waals surface area (Å²) >= 11 is 0. The lowest BCUT2D eigenvalue weighted by molar-refractivity contribution is -0.0804. The number of rotatable bonds is 2. The van der Waals surface area contributed by atoms with Gasteiger partial charge in [-0.1, -0.05) is 23.8 Å². The molecule has 1 spiro atoms. The van der Waals surface area contributed by atoms with Crippen molar-refractivity contribution in [3.05, 3.63) is 59.8 Å². The van der Waals surface area contributed by atoms with Crippen molar-refractivity contribution in [2.24, 2.45) is 7.05 Å². The molecule has 1 amide bonds. The lowest BCUT2D eigenvalue weighted by Gasteiger charge is -2.35. The molecule has 28 heavy (non-hydrogen) atoms. The van der Waals surface area contributed by atoms with Crippen molar-refractivity contribution in [2.45, 2.75) is 32.1 Å². The van der Waals surface area contributed by atoms with Gasteiger partial charge in [-0.05, 0) is 25.5 Å². The summed E-state index contributed by atoms with van der Waals surface area (Å²) < 4.78 is 10.2. The van der Waals surface area contributed by atoms with E-state index in [2.05, 4.69) is 45.8 Å². The summed E-state index contributed by atoms with van der Waals surface area (Å²) in [6, 6.07) is 10.2. The zero-order chi connectivity index (χ0) is 19.3. The van der Waals surface area contributed by atoms with Gasteiger partial charge in [0.2, 0.25) is 0 Å². The minimum atomic E-state index is -0.364. The van der Waals surface area contributed by atoms with Gasteiger partial charge in [0.05, 0.1) is 25.0 Å². The fraction of sp³-hybridized carbons (Fsp3) is 0.381. The summed E-state index contributed by atoms with van der Waals surface area (Å²) in [5.74, 6) is 0.910. The Balaban J connectivity index is 1.40. The maximum absolute atomic E-state index is 12.8. The van der Waals surface area contributed by atoms with E-state index in [1.54, 1.807) is 16.9 Å². The average Bonchev–Trinajstić information content (AvgIpc) is 3.40. The first-order valence-corrected chi connectivity index (χ1v) is 9.57. The maximum atomic E-state index is 12.8. The summed E-state index contributed by atoms with van der Waals surface area (Å²) in [6.07, 6.45) is 4.54. The van der Waals surface area contributed by atoms with Gasteiger partial charge < -0.3 is 14.2 Å². The zero-order valence-electron chi connectivity index (χ0n) is 16.1. The molecule has 4 heterocycles. The highest BCUT2D eigenvalue weighted by molar-refractivity contribution is 5.92. The van der Waals surface area contributed by atoms with Crippen LogP contribution in [0, 0.1) is 6.92 Å². The number of benzene rings is 1. The molecule has 7 nitrogen and oxygen atoms in total. The molecule has 3 aromatic rings. The van der Waals surface area contributed by atoms with Crippen LogP contribution in [-0.4, -0.2) is 48.8 Å². The van der Waals surface area contributed by atoms with Gasteiger partial charge in [-0.15, -0.1) is 0 Å². The Labute approximate surface area is 163 Å². The Kier molecular flexibility index (Phi) is 3.87. The molecule has 0 aliphatic carbocycles. The first-order chi connectivity index (χ1) is 13.5. The highest BCUT2D eigenvalue weighted by Crippen LogP contribution is 2.35. The Hall–Kier alpha value is -2.93. The number of hydrogen-bond acceptors (Lipinski definition) is 4. The van der Waals surface area contributed by atoms with Gasteiger partial charge in [0, 0.05) is 25.4 Å². The fourth-order valence-corrected chi connectivity index (χ4v) is 4.25. The van der Waals surface area contributed by atoms with Crippen LogP contribution in [0.1, 0.15) is 28.3 Å². The molecule has 0 saturated carbocycles. The van der Waals surface area contributed by atoms with Crippen molar-refractivity contribution in [3.63, 3.8) is 0 Å². The molecule has 0 N–H and O–H groups in total. The normalized spacial score (nSPS) is 21.3. The fourth-order valence-electron chi connectivity index (χ4n) is 4.25. The van der Waals surface area contributed by atoms with E-state index in [1.165, 1.54) is 5.56 Å². The number of fused-ring (bicyclic) bond motifs is 1. The molecule has 1 saturated heterocycles. The van der Waals surface area contributed by atoms with E-state index >= 15 is 0 Å². The molecular formula is C21H23N5O2. The van der Waals surface area contributed by atoms with Crippen LogP contribution in [0.3, 0.4) is 0 Å². The van der Waals surface area contributed by atoms with Crippen molar-refractivity contribution in [1.29, 1.82) is 0 Å². The smallest absolute Gasteiger partial charge is 0.274 e. The average molecular weight is 377 g/mol. The molecule has 5 rings (SSSR count). The molecule has 0 bridgehead atoms. The minimum Gasteiger partial charge on any atom is -0.363 e. The number of imidazole rings is 1. The summed E-state index contributed by atoms with van der Waals surface area (Å²) in [4.78, 5) is 19.2. The first-order valence-electron chi connectivity index (χ1n) is 9.57. The number of likely N-dealkylation sites (tertiary alicyclic amines) is 1. The van der Waals surface area contributed by atoms with Crippen molar-refractivity contribution >= 4 is 5.91 Å². The monoisotopic (exact) mass is 377 g/mol. The van der Waals surface area contributed by atoms with Crippen LogP contribution >= 0.6 is 0 Å². The van der Waals surface area contributed by atoms with E-state index in [0.717, 1.165) is 23.5 Å². The van der Waals surface area contributed by atoms with E-state index in [4.69, 9.17) is 4.74 Å². The van der Waals surface area contributed by atoms with E-state index in [1.807, 2.05) is 18.1 Å². The predicted octanol–water partition coefficient (Wildman–Crippen LogP) is 2.41. The number of ether oxygens (including phenoxy) is 1. The van der Waals surface area contributed by atoms with Gasteiger partial charge in [0.25, 0.3) is 5.91 Å². The van der Waals surface area contributed by atoms with Crippen LogP contribution in [0.4, 0.5) is 0 Å². The van der Waals surface area contributed by atoms with Gasteiger partial charge in [-0.25, -0.2) is 4.98 Å². The topological polar surface area (TPSA) is 65.2 Å². The van der Waals surface area contributed by atoms with Crippen molar-refractivity contribution in [1.82, 2.24) is 24.2 Å². The van der Waals surface area contributed by atoms with Gasteiger partial charge in [-0.2, -0.15) is 5.10 Å².